The molecule has 1 nitrogen and oxygen atoms in total. The van der Waals surface area contributed by atoms with Gasteiger partial charge in [0.2, 0.25) is 0 Å². The second-order valence-electron chi connectivity index (χ2n) is 2.75. The second kappa shape index (κ2) is 2.86. The number of hydrogen-bond donors (Lipinski definition) is 0. The molecule has 1 radical (unpaired) electrons. The molecule has 1 heterocycles. The molecular formula is C11H9O. The first-order valence-electron chi connectivity index (χ1n) is 3.89. The summed E-state index contributed by atoms with van der Waals surface area (Å²) in [5.41, 5.74) is 3.45. The van der Waals surface area contributed by atoms with E-state index in [0.717, 1.165) is 5.56 Å². The summed E-state index contributed by atoms with van der Waals surface area (Å²) in [6.07, 6.45) is 4.46. The summed E-state index contributed by atoms with van der Waals surface area (Å²) in [4.78, 5) is 0. The molecule has 1 aromatic heterocycles. The van der Waals surface area contributed by atoms with Gasteiger partial charge in [0.15, 0.2) is 6.26 Å². The highest BCUT2D eigenvalue weighted by molar-refractivity contribution is 5.65. The van der Waals surface area contributed by atoms with Gasteiger partial charge in [-0.25, -0.2) is 0 Å². The molecular weight excluding hydrogens is 148 g/mol. The van der Waals surface area contributed by atoms with Crippen LogP contribution in [0.3, 0.4) is 0 Å². The van der Waals surface area contributed by atoms with E-state index < -0.39 is 0 Å². The Hall–Kier alpha value is -1.50. The van der Waals surface area contributed by atoms with Crippen LogP contribution in [-0.2, 0) is 0 Å². The van der Waals surface area contributed by atoms with Gasteiger partial charge in [-0.15, -0.1) is 0 Å². The Morgan fingerprint density at radius 2 is 2.00 bits per heavy atom. The Labute approximate surface area is 71.6 Å². The molecule has 0 fully saturated rings. The van der Waals surface area contributed by atoms with Gasteiger partial charge in [-0.1, -0.05) is 24.3 Å². The summed E-state index contributed by atoms with van der Waals surface area (Å²) in [5, 5.41) is 0. The van der Waals surface area contributed by atoms with Gasteiger partial charge in [0.25, 0.3) is 0 Å². The lowest BCUT2D eigenvalue weighted by Gasteiger charge is -1.99. The molecule has 2 aromatic rings. The van der Waals surface area contributed by atoms with Crippen LogP contribution in [0.2, 0.25) is 0 Å². The average molecular weight is 157 g/mol. The summed E-state index contributed by atoms with van der Waals surface area (Å²) in [6, 6.07) is 10.1. The van der Waals surface area contributed by atoms with E-state index in [1.807, 2.05) is 18.2 Å². The Kier molecular flexibility index (Phi) is 1.71. The van der Waals surface area contributed by atoms with Crippen molar-refractivity contribution in [3.8, 4) is 11.1 Å². The highest BCUT2D eigenvalue weighted by atomic mass is 16.3. The lowest BCUT2D eigenvalue weighted by atomic mass is 10.0. The third-order valence-electron chi connectivity index (χ3n) is 1.91. The van der Waals surface area contributed by atoms with Gasteiger partial charge in [0, 0.05) is 5.56 Å². The average Bonchev–Trinajstić information content (AvgIpc) is 2.57. The molecule has 0 saturated carbocycles. The van der Waals surface area contributed by atoms with Gasteiger partial charge in [-0.05, 0) is 24.1 Å². The van der Waals surface area contributed by atoms with Crippen LogP contribution in [0.1, 0.15) is 5.56 Å². The van der Waals surface area contributed by atoms with E-state index >= 15 is 0 Å². The van der Waals surface area contributed by atoms with Crippen molar-refractivity contribution in [2.45, 2.75) is 6.92 Å². The van der Waals surface area contributed by atoms with Crippen LogP contribution < -0.4 is 0 Å². The van der Waals surface area contributed by atoms with Gasteiger partial charge in [-0.2, -0.15) is 0 Å². The van der Waals surface area contributed by atoms with Crippen molar-refractivity contribution in [1.82, 2.24) is 0 Å². The van der Waals surface area contributed by atoms with E-state index in [2.05, 4.69) is 25.3 Å². The van der Waals surface area contributed by atoms with Gasteiger partial charge < -0.3 is 4.42 Å². The molecule has 1 heteroatoms. The highest BCUT2D eigenvalue weighted by Crippen LogP contribution is 2.22. The zero-order valence-corrected chi connectivity index (χ0v) is 6.87. The van der Waals surface area contributed by atoms with Crippen molar-refractivity contribution >= 4 is 0 Å². The molecule has 12 heavy (non-hydrogen) atoms. The lowest BCUT2D eigenvalue weighted by Crippen LogP contribution is -1.78. The Morgan fingerprint density at radius 1 is 1.17 bits per heavy atom. The van der Waals surface area contributed by atoms with Crippen LogP contribution in [0.25, 0.3) is 11.1 Å². The van der Waals surface area contributed by atoms with Gasteiger partial charge in [-0.3, -0.25) is 0 Å². The van der Waals surface area contributed by atoms with Gasteiger partial charge in [0.05, 0.1) is 6.26 Å². The van der Waals surface area contributed by atoms with E-state index in [-0.39, 0.29) is 0 Å². The molecule has 0 bridgehead atoms. The number of hydrogen-bond acceptors (Lipinski definition) is 1. The smallest absolute Gasteiger partial charge is 0.177 e. The van der Waals surface area contributed by atoms with Gasteiger partial charge >= 0.3 is 0 Å². The first-order valence-corrected chi connectivity index (χ1v) is 3.89. The molecule has 0 N–H and O–H groups in total. The minimum Gasteiger partial charge on any atom is -0.460 e. The fourth-order valence-corrected chi connectivity index (χ4v) is 1.25. The summed E-state index contributed by atoms with van der Waals surface area (Å²) in [6.45, 7) is 2.08. The molecule has 0 aliphatic rings. The topological polar surface area (TPSA) is 13.1 Å². The van der Waals surface area contributed by atoms with E-state index in [0.29, 0.717) is 0 Å². The van der Waals surface area contributed by atoms with E-state index in [1.54, 1.807) is 6.26 Å². The lowest BCUT2D eigenvalue weighted by molar-refractivity contribution is 0.559. The SMILES string of the molecule is Cc1ccccc1-c1[c]occ1. The van der Waals surface area contributed by atoms with Crippen LogP contribution in [0.15, 0.2) is 41.0 Å². The molecule has 2 rings (SSSR count). The largest absolute Gasteiger partial charge is 0.460 e. The molecule has 0 atom stereocenters. The van der Waals surface area contributed by atoms with Crippen LogP contribution >= 0.6 is 0 Å². The second-order valence-corrected chi connectivity index (χ2v) is 2.75. The summed E-state index contributed by atoms with van der Waals surface area (Å²) < 4.78 is 4.90. The fourth-order valence-electron chi connectivity index (χ4n) is 1.25. The Bertz CT molecular complexity index is 360. The van der Waals surface area contributed by atoms with Gasteiger partial charge in [0.1, 0.15) is 0 Å². The standard InChI is InChI=1S/C11H9O/c1-9-4-2-3-5-11(9)10-6-7-12-8-10/h2-7H,1H3. The number of benzene rings is 1. The zero-order chi connectivity index (χ0) is 8.39. The molecule has 0 amide bonds. The minimum atomic E-state index is 1.02. The maximum Gasteiger partial charge on any atom is 0.177 e. The van der Waals surface area contributed by atoms with Crippen molar-refractivity contribution in [2.24, 2.45) is 0 Å². The van der Waals surface area contributed by atoms with Crippen molar-refractivity contribution in [2.75, 3.05) is 0 Å². The first-order chi connectivity index (χ1) is 5.88. The van der Waals surface area contributed by atoms with Crippen molar-refractivity contribution in [3.05, 3.63) is 48.4 Å². The van der Waals surface area contributed by atoms with Crippen LogP contribution in [0.4, 0.5) is 0 Å². The normalized spacial score (nSPS) is 10.1. The molecule has 0 saturated heterocycles. The van der Waals surface area contributed by atoms with Crippen LogP contribution in [0.5, 0.6) is 0 Å². The monoisotopic (exact) mass is 157 g/mol. The quantitative estimate of drug-likeness (QED) is 0.620. The molecule has 1 aromatic carbocycles. The van der Waals surface area contributed by atoms with E-state index in [9.17, 15) is 0 Å². The van der Waals surface area contributed by atoms with Crippen molar-refractivity contribution in [3.63, 3.8) is 0 Å². The first kappa shape index (κ1) is 7.17. The number of rotatable bonds is 1. The van der Waals surface area contributed by atoms with Crippen LogP contribution in [-0.4, -0.2) is 0 Å². The number of furan rings is 1. The third kappa shape index (κ3) is 1.14. The Morgan fingerprint density at radius 3 is 2.67 bits per heavy atom. The predicted molar refractivity (Wildman–Crippen MR) is 47.7 cm³/mol. The minimum absolute atomic E-state index is 1.02. The molecule has 0 aliphatic carbocycles. The maximum atomic E-state index is 4.90. The zero-order valence-electron chi connectivity index (χ0n) is 6.87. The van der Waals surface area contributed by atoms with Crippen LogP contribution in [0, 0.1) is 13.2 Å². The maximum absolute atomic E-state index is 4.90. The summed E-state index contributed by atoms with van der Waals surface area (Å²) in [5.74, 6) is 0. The molecule has 59 valence electrons. The fraction of sp³-hybridized carbons (Fsp3) is 0.0909. The highest BCUT2D eigenvalue weighted by Gasteiger charge is 2.01. The number of aryl methyl sites for hydroxylation is 1. The molecule has 0 aliphatic heterocycles. The summed E-state index contributed by atoms with van der Waals surface area (Å²) >= 11 is 0. The van der Waals surface area contributed by atoms with E-state index in [4.69, 9.17) is 4.42 Å². The summed E-state index contributed by atoms with van der Waals surface area (Å²) in [7, 11) is 0. The molecule has 0 spiro atoms. The Balaban J connectivity index is 2.55. The van der Waals surface area contributed by atoms with E-state index in [1.165, 1.54) is 11.1 Å². The third-order valence-corrected chi connectivity index (χ3v) is 1.91. The molecule has 0 unspecified atom stereocenters. The van der Waals surface area contributed by atoms with Crippen molar-refractivity contribution in [1.29, 1.82) is 0 Å². The van der Waals surface area contributed by atoms with Crippen molar-refractivity contribution < 1.29 is 4.42 Å². The predicted octanol–water partition coefficient (Wildman–Crippen LogP) is 3.06.